The summed E-state index contributed by atoms with van der Waals surface area (Å²) in [4.78, 5) is 0. The van der Waals surface area contributed by atoms with Crippen LogP contribution in [0.5, 0.6) is 0 Å². The molecule has 0 aromatic rings. The van der Waals surface area contributed by atoms with Crippen molar-refractivity contribution in [1.29, 1.82) is 0 Å². The largest absolute Gasteiger partial charge is 0.396 e. The Bertz CT molecular complexity index is 492. The van der Waals surface area contributed by atoms with E-state index in [0.717, 1.165) is 0 Å². The highest BCUT2D eigenvalue weighted by atomic mass is 16.5. The Morgan fingerprint density at radius 2 is 0.463 bits per heavy atom. The summed E-state index contributed by atoms with van der Waals surface area (Å²) in [6.07, 6.45) is 0.389. The first-order valence-electron chi connectivity index (χ1n) is 13.6. The van der Waals surface area contributed by atoms with E-state index in [-0.39, 0.29) is 66.1 Å². The lowest BCUT2D eigenvalue weighted by molar-refractivity contribution is -0.158. The normalized spacial score (nSPS) is 13.8. The van der Waals surface area contributed by atoms with Crippen molar-refractivity contribution in [3.05, 3.63) is 0 Å². The fourth-order valence-electron chi connectivity index (χ4n) is 3.51. The van der Waals surface area contributed by atoms with E-state index in [1.54, 1.807) is 6.92 Å². The van der Waals surface area contributed by atoms with E-state index in [2.05, 4.69) is 0 Å². The van der Waals surface area contributed by atoms with Gasteiger partial charge in [0.2, 0.25) is 0 Å². The molecule has 0 bridgehead atoms. The number of hydrogen-bond donors (Lipinski definition) is 11. The van der Waals surface area contributed by atoms with Crippen LogP contribution < -0.4 is 0 Å². The van der Waals surface area contributed by atoms with Crippen molar-refractivity contribution in [3.63, 3.8) is 0 Å². The average molecular weight is 607 g/mol. The standard InChI is InChI=1S/C26H54O15/c1-2-22(3-27,4-28)14-38-18-26(19-39-15-23(5-29,6-30)7-31,20-40-16-24(8-32,9-33)10-34)21-41-17-25(11-35,12-36)13-37/h27-37H,2-21H2,1H3. The van der Waals surface area contributed by atoms with Gasteiger partial charge in [0.25, 0.3) is 0 Å². The maximum atomic E-state index is 9.82. The number of aliphatic hydroxyl groups excluding tert-OH is 11. The van der Waals surface area contributed by atoms with Gasteiger partial charge in [-0.3, -0.25) is 0 Å². The Kier molecular flexibility index (Phi) is 20.1. The fourth-order valence-corrected chi connectivity index (χ4v) is 3.51. The minimum Gasteiger partial charge on any atom is -0.396 e. The lowest BCUT2D eigenvalue weighted by Crippen LogP contribution is -2.48. The van der Waals surface area contributed by atoms with Crippen molar-refractivity contribution in [2.45, 2.75) is 13.3 Å². The highest BCUT2D eigenvalue weighted by Gasteiger charge is 2.39. The molecule has 248 valence electrons. The maximum Gasteiger partial charge on any atom is 0.0637 e. The molecular formula is C26H54O15. The van der Waals surface area contributed by atoms with Gasteiger partial charge in [-0.15, -0.1) is 0 Å². The molecule has 11 N–H and O–H groups in total. The summed E-state index contributed by atoms with van der Waals surface area (Å²) >= 11 is 0. The van der Waals surface area contributed by atoms with Crippen LogP contribution in [-0.4, -0.2) is 182 Å². The van der Waals surface area contributed by atoms with Crippen molar-refractivity contribution in [1.82, 2.24) is 0 Å². The van der Waals surface area contributed by atoms with Gasteiger partial charge in [-0.2, -0.15) is 0 Å². The molecule has 0 aliphatic carbocycles. The topological polar surface area (TPSA) is 259 Å². The molecule has 0 amide bonds. The third kappa shape index (κ3) is 12.1. The van der Waals surface area contributed by atoms with E-state index in [9.17, 15) is 56.2 Å². The Hall–Kier alpha value is -0.600. The molecule has 0 atom stereocenters. The fraction of sp³-hybridized carbons (Fsp3) is 1.00. The molecule has 0 aromatic heterocycles. The zero-order valence-corrected chi connectivity index (χ0v) is 24.2. The average Bonchev–Trinajstić information content (AvgIpc) is 3.03. The van der Waals surface area contributed by atoms with Crippen molar-refractivity contribution >= 4 is 0 Å². The minimum absolute atomic E-state index is 0.0756. The van der Waals surface area contributed by atoms with Gasteiger partial charge in [0.05, 0.1) is 147 Å². The maximum absolute atomic E-state index is 9.82. The predicted molar refractivity (Wildman–Crippen MR) is 144 cm³/mol. The zero-order valence-electron chi connectivity index (χ0n) is 24.2. The van der Waals surface area contributed by atoms with Crippen molar-refractivity contribution in [3.8, 4) is 0 Å². The number of aliphatic hydroxyl groups is 11. The zero-order chi connectivity index (χ0) is 31.5. The van der Waals surface area contributed by atoms with Gasteiger partial charge < -0.3 is 75.1 Å². The van der Waals surface area contributed by atoms with Crippen molar-refractivity contribution in [2.75, 3.05) is 126 Å². The van der Waals surface area contributed by atoms with Gasteiger partial charge in [0.15, 0.2) is 0 Å². The summed E-state index contributed by atoms with van der Waals surface area (Å²) in [5.41, 5.74) is -6.26. The Labute approximate surface area is 241 Å². The predicted octanol–water partition coefficient (Wildman–Crippen LogP) is -4.69. The van der Waals surface area contributed by atoms with Crippen LogP contribution in [0.2, 0.25) is 0 Å². The summed E-state index contributed by atoms with van der Waals surface area (Å²) < 4.78 is 23.3. The molecule has 41 heavy (non-hydrogen) atoms. The second-order valence-electron chi connectivity index (χ2n) is 11.6. The molecule has 0 heterocycles. The number of ether oxygens (including phenoxy) is 4. The van der Waals surface area contributed by atoms with Crippen LogP contribution in [0.3, 0.4) is 0 Å². The summed E-state index contributed by atoms with van der Waals surface area (Å²) in [5, 5.41) is 107. The lowest BCUT2D eigenvalue weighted by Gasteiger charge is -2.38. The number of rotatable bonds is 28. The summed E-state index contributed by atoms with van der Waals surface area (Å²) in [5.74, 6) is 0. The molecule has 0 saturated carbocycles. The molecule has 0 spiro atoms. The van der Waals surface area contributed by atoms with E-state index >= 15 is 0 Å². The first-order chi connectivity index (χ1) is 19.6. The molecule has 0 saturated heterocycles. The summed E-state index contributed by atoms with van der Waals surface area (Å²) in [6.45, 7) is -5.96. The van der Waals surface area contributed by atoms with Crippen LogP contribution in [0.1, 0.15) is 13.3 Å². The monoisotopic (exact) mass is 606 g/mol. The first-order valence-corrected chi connectivity index (χ1v) is 13.6. The van der Waals surface area contributed by atoms with Gasteiger partial charge in [-0.25, -0.2) is 0 Å². The number of hydrogen-bond acceptors (Lipinski definition) is 15. The molecular weight excluding hydrogens is 552 g/mol. The summed E-state index contributed by atoms with van der Waals surface area (Å²) in [7, 11) is 0. The van der Waals surface area contributed by atoms with Crippen LogP contribution in [0.25, 0.3) is 0 Å². The molecule has 0 radical (unpaired) electrons. The van der Waals surface area contributed by atoms with Gasteiger partial charge in [0, 0.05) is 5.41 Å². The quantitative estimate of drug-likeness (QED) is 0.0400. The highest BCUT2D eigenvalue weighted by molar-refractivity contribution is 4.85. The van der Waals surface area contributed by atoms with Gasteiger partial charge in [0.1, 0.15) is 0 Å². The van der Waals surface area contributed by atoms with Crippen LogP contribution in [0.4, 0.5) is 0 Å². The van der Waals surface area contributed by atoms with Crippen LogP contribution in [-0.2, 0) is 18.9 Å². The molecule has 0 unspecified atom stereocenters. The van der Waals surface area contributed by atoms with E-state index in [1.807, 2.05) is 0 Å². The Balaban J connectivity index is 6.15. The van der Waals surface area contributed by atoms with Gasteiger partial charge in [-0.05, 0) is 6.42 Å². The van der Waals surface area contributed by atoms with Gasteiger partial charge >= 0.3 is 0 Å². The van der Waals surface area contributed by atoms with Crippen LogP contribution >= 0.6 is 0 Å². The third-order valence-electron chi connectivity index (χ3n) is 7.71. The van der Waals surface area contributed by atoms with Crippen LogP contribution in [0, 0.1) is 27.1 Å². The highest BCUT2D eigenvalue weighted by Crippen LogP contribution is 2.28. The van der Waals surface area contributed by atoms with Crippen molar-refractivity contribution < 1.29 is 75.1 Å². The Morgan fingerprint density at radius 3 is 0.634 bits per heavy atom. The molecule has 15 heteroatoms. The van der Waals surface area contributed by atoms with E-state index < -0.39 is 86.5 Å². The van der Waals surface area contributed by atoms with E-state index in [0.29, 0.717) is 6.42 Å². The van der Waals surface area contributed by atoms with E-state index in [4.69, 9.17) is 18.9 Å². The molecule has 15 nitrogen and oxygen atoms in total. The molecule has 0 fully saturated rings. The lowest BCUT2D eigenvalue weighted by atomic mass is 9.87. The smallest absolute Gasteiger partial charge is 0.0637 e. The third-order valence-corrected chi connectivity index (χ3v) is 7.71. The minimum atomic E-state index is -1.36. The van der Waals surface area contributed by atoms with Crippen molar-refractivity contribution in [2.24, 2.45) is 27.1 Å². The van der Waals surface area contributed by atoms with Crippen LogP contribution in [0.15, 0.2) is 0 Å². The Morgan fingerprint density at radius 1 is 0.293 bits per heavy atom. The SMILES string of the molecule is CCC(CO)(CO)COCC(COCC(CO)(CO)CO)(COCC(CO)(CO)CO)COCC(CO)(CO)CO. The van der Waals surface area contributed by atoms with E-state index in [1.165, 1.54) is 0 Å². The molecule has 0 rings (SSSR count). The summed E-state index contributed by atoms with van der Waals surface area (Å²) in [6, 6.07) is 0. The second kappa shape index (κ2) is 20.4. The molecule has 0 aliphatic rings. The first kappa shape index (κ1) is 40.4. The second-order valence-corrected chi connectivity index (χ2v) is 11.6. The van der Waals surface area contributed by atoms with Gasteiger partial charge in [-0.1, -0.05) is 6.92 Å². The molecule has 0 aliphatic heterocycles. The molecule has 0 aromatic carbocycles.